The molecule has 0 spiro atoms. The summed E-state index contributed by atoms with van der Waals surface area (Å²) in [4.78, 5) is 22.9. The van der Waals surface area contributed by atoms with Crippen molar-refractivity contribution in [1.29, 1.82) is 5.26 Å². The van der Waals surface area contributed by atoms with E-state index in [1.165, 1.54) is 0 Å². The van der Waals surface area contributed by atoms with Crippen LogP contribution in [0.3, 0.4) is 0 Å². The van der Waals surface area contributed by atoms with Crippen molar-refractivity contribution in [3.8, 4) is 6.07 Å². The third-order valence-electron chi connectivity index (χ3n) is 2.74. The molecule has 0 bridgehead atoms. The molecule has 6 nitrogen and oxygen atoms in total. The molecule has 1 aliphatic rings. The second-order valence-electron chi connectivity index (χ2n) is 4.07. The zero-order chi connectivity index (χ0) is 12.7. The predicted molar refractivity (Wildman–Crippen MR) is 59.5 cm³/mol. The van der Waals surface area contributed by atoms with Crippen LogP contribution in [0, 0.1) is 17.2 Å². The number of primary amides is 1. The van der Waals surface area contributed by atoms with Crippen LogP contribution >= 0.6 is 0 Å². The van der Waals surface area contributed by atoms with Crippen molar-refractivity contribution >= 4 is 11.8 Å². The molecule has 0 radical (unpaired) electrons. The summed E-state index contributed by atoms with van der Waals surface area (Å²) in [6.45, 7) is 0.975. The molecule has 1 heterocycles. The lowest BCUT2D eigenvalue weighted by Crippen LogP contribution is -2.46. The van der Waals surface area contributed by atoms with E-state index in [-0.39, 0.29) is 11.8 Å². The standard InChI is InChI=1S/C11H17N3O3/c12-5-2-1-3-9(10(13)15)14-11(16)8-4-6-17-7-8/h8-9H,1-4,6-7H2,(H2,13,15)(H,14,16)/t8-,9+/m0/s1. The van der Waals surface area contributed by atoms with E-state index in [9.17, 15) is 9.59 Å². The quantitative estimate of drug-likeness (QED) is 0.620. The van der Waals surface area contributed by atoms with Crippen LogP contribution in [0.1, 0.15) is 25.7 Å². The summed E-state index contributed by atoms with van der Waals surface area (Å²) in [6, 6.07) is 1.30. The molecule has 1 fully saturated rings. The molecule has 2 atom stereocenters. The lowest BCUT2D eigenvalue weighted by molar-refractivity contribution is -0.130. The van der Waals surface area contributed by atoms with Gasteiger partial charge in [0.2, 0.25) is 11.8 Å². The van der Waals surface area contributed by atoms with Gasteiger partial charge in [-0.15, -0.1) is 0 Å². The summed E-state index contributed by atoms with van der Waals surface area (Å²) in [7, 11) is 0. The molecule has 0 aromatic carbocycles. The molecule has 6 heteroatoms. The van der Waals surface area contributed by atoms with Crippen LogP contribution in [0.2, 0.25) is 0 Å². The molecule has 0 aromatic rings. The number of hydrogen-bond donors (Lipinski definition) is 2. The first kappa shape index (κ1) is 13.5. The summed E-state index contributed by atoms with van der Waals surface area (Å²) in [5, 5.41) is 11.0. The SMILES string of the molecule is N#CCCC[C@@H](NC(=O)[C@H]1CCOC1)C(N)=O. The molecule has 17 heavy (non-hydrogen) atoms. The molecule has 1 rings (SSSR count). The van der Waals surface area contributed by atoms with E-state index in [0.717, 1.165) is 0 Å². The minimum Gasteiger partial charge on any atom is -0.381 e. The molecule has 1 saturated heterocycles. The minimum atomic E-state index is -0.684. The van der Waals surface area contributed by atoms with Crippen LogP contribution in [0.15, 0.2) is 0 Å². The highest BCUT2D eigenvalue weighted by Gasteiger charge is 2.26. The van der Waals surface area contributed by atoms with Crippen molar-refractivity contribution in [1.82, 2.24) is 5.32 Å². The zero-order valence-corrected chi connectivity index (χ0v) is 9.65. The number of rotatable bonds is 6. The number of amides is 2. The summed E-state index contributed by atoms with van der Waals surface area (Å²) in [5.74, 6) is -0.939. The first-order valence-corrected chi connectivity index (χ1v) is 5.69. The predicted octanol–water partition coefficient (Wildman–Crippen LogP) is -0.313. The van der Waals surface area contributed by atoms with Crippen molar-refractivity contribution < 1.29 is 14.3 Å². The van der Waals surface area contributed by atoms with Crippen LogP contribution in [0.4, 0.5) is 0 Å². The van der Waals surface area contributed by atoms with Crippen molar-refractivity contribution in [3.05, 3.63) is 0 Å². The average molecular weight is 239 g/mol. The van der Waals surface area contributed by atoms with Crippen LogP contribution in [0.25, 0.3) is 0 Å². The van der Waals surface area contributed by atoms with Gasteiger partial charge in [-0.1, -0.05) is 0 Å². The molecule has 2 amide bonds. The maximum absolute atomic E-state index is 11.7. The highest BCUT2D eigenvalue weighted by Crippen LogP contribution is 2.13. The molecule has 1 aliphatic heterocycles. The lowest BCUT2D eigenvalue weighted by atomic mass is 10.1. The summed E-state index contributed by atoms with van der Waals surface area (Å²) < 4.78 is 5.10. The van der Waals surface area contributed by atoms with Gasteiger partial charge < -0.3 is 15.8 Å². The topological polar surface area (TPSA) is 105 Å². The van der Waals surface area contributed by atoms with Crippen molar-refractivity contribution in [3.63, 3.8) is 0 Å². The lowest BCUT2D eigenvalue weighted by Gasteiger charge is -2.16. The van der Waals surface area contributed by atoms with Crippen LogP contribution in [-0.2, 0) is 14.3 Å². The first-order chi connectivity index (χ1) is 8.15. The number of unbranched alkanes of at least 4 members (excludes halogenated alkanes) is 1. The van der Waals surface area contributed by atoms with Gasteiger partial charge in [-0.2, -0.15) is 5.26 Å². The molecule has 3 N–H and O–H groups in total. The number of carbonyl (C=O) groups excluding carboxylic acids is 2. The Balaban J connectivity index is 2.40. The Labute approximate surface area is 100 Å². The van der Waals surface area contributed by atoms with Crippen LogP contribution in [-0.4, -0.2) is 31.1 Å². The smallest absolute Gasteiger partial charge is 0.240 e. The third kappa shape index (κ3) is 4.41. The number of ether oxygens (including phenoxy) is 1. The van der Waals surface area contributed by atoms with E-state index in [0.29, 0.717) is 38.9 Å². The first-order valence-electron chi connectivity index (χ1n) is 5.69. The zero-order valence-electron chi connectivity index (χ0n) is 9.65. The van der Waals surface area contributed by atoms with Crippen LogP contribution < -0.4 is 11.1 Å². The number of nitriles is 1. The van der Waals surface area contributed by atoms with Gasteiger partial charge in [0.15, 0.2) is 0 Å². The molecule has 0 saturated carbocycles. The highest BCUT2D eigenvalue weighted by atomic mass is 16.5. The fourth-order valence-electron chi connectivity index (χ4n) is 1.70. The molecule has 0 aromatic heterocycles. The number of carbonyl (C=O) groups is 2. The average Bonchev–Trinajstić information content (AvgIpc) is 2.81. The van der Waals surface area contributed by atoms with E-state index in [2.05, 4.69) is 5.32 Å². The van der Waals surface area contributed by atoms with Gasteiger partial charge in [-0.25, -0.2) is 0 Å². The van der Waals surface area contributed by atoms with E-state index < -0.39 is 11.9 Å². The highest BCUT2D eigenvalue weighted by molar-refractivity contribution is 5.87. The van der Waals surface area contributed by atoms with Crippen LogP contribution in [0.5, 0.6) is 0 Å². The number of nitrogens with zero attached hydrogens (tertiary/aromatic N) is 1. The van der Waals surface area contributed by atoms with Crippen molar-refractivity contribution in [2.24, 2.45) is 11.7 Å². The van der Waals surface area contributed by atoms with Crippen molar-refractivity contribution in [2.45, 2.75) is 31.7 Å². The van der Waals surface area contributed by atoms with E-state index in [4.69, 9.17) is 15.7 Å². The Morgan fingerprint density at radius 2 is 2.35 bits per heavy atom. The third-order valence-corrected chi connectivity index (χ3v) is 2.74. The van der Waals surface area contributed by atoms with E-state index >= 15 is 0 Å². The summed E-state index contributed by atoms with van der Waals surface area (Å²) in [6.07, 6.45) is 1.98. The van der Waals surface area contributed by atoms with Gasteiger partial charge in [0, 0.05) is 13.0 Å². The Bertz CT molecular complexity index is 318. The Morgan fingerprint density at radius 3 is 2.88 bits per heavy atom. The van der Waals surface area contributed by atoms with Gasteiger partial charge in [-0.3, -0.25) is 9.59 Å². The maximum Gasteiger partial charge on any atom is 0.240 e. The fourth-order valence-corrected chi connectivity index (χ4v) is 1.70. The minimum absolute atomic E-state index is 0.187. The van der Waals surface area contributed by atoms with Gasteiger partial charge in [-0.05, 0) is 19.3 Å². The van der Waals surface area contributed by atoms with Crippen molar-refractivity contribution in [2.75, 3.05) is 13.2 Å². The summed E-state index contributed by atoms with van der Waals surface area (Å²) >= 11 is 0. The normalized spacial score (nSPS) is 20.5. The fraction of sp³-hybridized carbons (Fsp3) is 0.727. The Kier molecular flexibility index (Phi) is 5.43. The Hall–Kier alpha value is -1.61. The largest absolute Gasteiger partial charge is 0.381 e. The Morgan fingerprint density at radius 1 is 1.59 bits per heavy atom. The van der Waals surface area contributed by atoms with Gasteiger partial charge in [0.1, 0.15) is 6.04 Å². The van der Waals surface area contributed by atoms with E-state index in [1.807, 2.05) is 6.07 Å². The molecule has 94 valence electrons. The number of nitrogens with one attached hydrogen (secondary N) is 1. The van der Waals surface area contributed by atoms with Gasteiger partial charge >= 0.3 is 0 Å². The molecule has 0 unspecified atom stereocenters. The number of nitrogens with two attached hydrogens (primary N) is 1. The monoisotopic (exact) mass is 239 g/mol. The summed E-state index contributed by atoms with van der Waals surface area (Å²) in [5.41, 5.74) is 5.20. The van der Waals surface area contributed by atoms with Gasteiger partial charge in [0.05, 0.1) is 18.6 Å². The van der Waals surface area contributed by atoms with Gasteiger partial charge in [0.25, 0.3) is 0 Å². The molecule has 0 aliphatic carbocycles. The van der Waals surface area contributed by atoms with E-state index in [1.54, 1.807) is 0 Å². The molecular weight excluding hydrogens is 222 g/mol. The molecular formula is C11H17N3O3. The maximum atomic E-state index is 11.7. The second-order valence-corrected chi connectivity index (χ2v) is 4.07. The number of hydrogen-bond acceptors (Lipinski definition) is 4. The second kappa shape index (κ2) is 6.86.